The third-order valence-corrected chi connectivity index (χ3v) is 6.23. The molecule has 1 heterocycles. The van der Waals surface area contributed by atoms with Crippen molar-refractivity contribution in [3.8, 4) is 17.2 Å². The third-order valence-electron chi connectivity index (χ3n) is 6.23. The minimum absolute atomic E-state index is 0.0631. The molecule has 0 saturated carbocycles. The van der Waals surface area contributed by atoms with Gasteiger partial charge in [0, 0.05) is 16.9 Å². The summed E-state index contributed by atoms with van der Waals surface area (Å²) in [7, 11) is 3.02. The first-order valence-corrected chi connectivity index (χ1v) is 11.5. The van der Waals surface area contributed by atoms with Gasteiger partial charge in [-0.3, -0.25) is 9.80 Å². The second kappa shape index (κ2) is 9.85. The molecule has 0 bridgehead atoms. The number of hydrogen-bond donors (Lipinski definition) is 1. The number of ether oxygens (including phenoxy) is 3. The van der Waals surface area contributed by atoms with Crippen LogP contribution in [-0.4, -0.2) is 37.8 Å². The van der Waals surface area contributed by atoms with Crippen LogP contribution >= 0.6 is 0 Å². The van der Waals surface area contributed by atoms with E-state index >= 15 is 0 Å². The monoisotopic (exact) mass is 516 g/mol. The fraction of sp³-hybridized carbons (Fsp3) is 0.296. The van der Waals surface area contributed by atoms with Gasteiger partial charge in [0.1, 0.15) is 17.2 Å². The zero-order valence-corrected chi connectivity index (χ0v) is 20.7. The summed E-state index contributed by atoms with van der Waals surface area (Å²) < 4.78 is 53.5. The second-order valence-electron chi connectivity index (χ2n) is 8.87. The number of halogens is 3. The molecule has 196 valence electrons. The Bertz CT molecular complexity index is 1250. The number of benzene rings is 3. The van der Waals surface area contributed by atoms with Crippen LogP contribution in [-0.2, 0) is 5.72 Å². The summed E-state index contributed by atoms with van der Waals surface area (Å²) in [5, 5.41) is 12.4. The highest BCUT2D eigenvalue weighted by Gasteiger charge is 2.59. The standard InChI is InChI=1S/C27H27F3N2O5/c1-17(2)24-26(34,18-6-5-7-23(16-18)37-27(28,29)30)32(20-10-14-22(36-4)15-11-20)25(33)31(24)19-8-12-21(35-3)13-9-19/h5-17,24,34H,1-4H3/t24-,26?/m1/s1. The maximum Gasteiger partial charge on any atom is 0.573 e. The lowest BCUT2D eigenvalue weighted by molar-refractivity contribution is -0.274. The molecule has 1 saturated heterocycles. The molecule has 1 unspecified atom stereocenters. The zero-order chi connectivity index (χ0) is 27.0. The first-order chi connectivity index (χ1) is 17.5. The third kappa shape index (κ3) is 4.89. The van der Waals surface area contributed by atoms with Crippen LogP contribution in [0, 0.1) is 5.92 Å². The van der Waals surface area contributed by atoms with Crippen molar-refractivity contribution in [2.75, 3.05) is 24.0 Å². The van der Waals surface area contributed by atoms with Gasteiger partial charge >= 0.3 is 12.4 Å². The summed E-state index contributed by atoms with van der Waals surface area (Å²) >= 11 is 0. The van der Waals surface area contributed by atoms with E-state index in [0.717, 1.165) is 12.1 Å². The van der Waals surface area contributed by atoms with Crippen LogP contribution in [0.1, 0.15) is 19.4 Å². The Morgan fingerprint density at radius 1 is 0.865 bits per heavy atom. The van der Waals surface area contributed by atoms with E-state index in [-0.39, 0.29) is 11.5 Å². The Kier molecular flexibility index (Phi) is 6.96. The number of rotatable bonds is 7. The fourth-order valence-electron chi connectivity index (χ4n) is 4.72. The lowest BCUT2D eigenvalue weighted by atomic mass is 9.86. The molecule has 2 amide bonds. The van der Waals surface area contributed by atoms with Gasteiger partial charge in [0.25, 0.3) is 0 Å². The number of urea groups is 1. The Morgan fingerprint density at radius 2 is 1.41 bits per heavy atom. The smallest absolute Gasteiger partial charge is 0.497 e. The predicted octanol–water partition coefficient (Wildman–Crippen LogP) is 5.92. The fourth-order valence-corrected chi connectivity index (χ4v) is 4.72. The van der Waals surface area contributed by atoms with Crippen LogP contribution in [0.3, 0.4) is 0 Å². The summed E-state index contributed by atoms with van der Waals surface area (Å²) in [5.74, 6) is 0.278. The Balaban J connectivity index is 1.92. The number of aliphatic hydroxyl groups is 1. The van der Waals surface area contributed by atoms with Crippen LogP contribution < -0.4 is 24.0 Å². The van der Waals surface area contributed by atoms with Gasteiger partial charge in [0.15, 0.2) is 5.72 Å². The van der Waals surface area contributed by atoms with Crippen molar-refractivity contribution >= 4 is 17.4 Å². The van der Waals surface area contributed by atoms with Crippen LogP contribution in [0.15, 0.2) is 72.8 Å². The highest BCUT2D eigenvalue weighted by atomic mass is 19.4. The minimum Gasteiger partial charge on any atom is -0.497 e. The number of hydrogen-bond acceptors (Lipinski definition) is 5. The van der Waals surface area contributed by atoms with E-state index in [4.69, 9.17) is 9.47 Å². The summed E-state index contributed by atoms with van der Waals surface area (Å²) in [6, 6.07) is 16.8. The van der Waals surface area contributed by atoms with E-state index in [9.17, 15) is 23.1 Å². The van der Waals surface area contributed by atoms with Gasteiger partial charge in [-0.1, -0.05) is 26.0 Å². The highest BCUT2D eigenvalue weighted by molar-refractivity contribution is 6.08. The summed E-state index contributed by atoms with van der Waals surface area (Å²) in [4.78, 5) is 16.7. The average Bonchev–Trinajstić information content (AvgIpc) is 3.11. The van der Waals surface area contributed by atoms with Gasteiger partial charge < -0.3 is 19.3 Å². The molecule has 1 aliphatic heterocycles. The van der Waals surface area contributed by atoms with Crippen molar-refractivity contribution in [1.82, 2.24) is 0 Å². The number of methoxy groups -OCH3 is 2. The van der Waals surface area contributed by atoms with Gasteiger partial charge in [-0.05, 0) is 66.6 Å². The van der Waals surface area contributed by atoms with Gasteiger partial charge in [0.05, 0.1) is 20.3 Å². The summed E-state index contributed by atoms with van der Waals surface area (Å²) in [5.41, 5.74) is -1.18. The molecule has 10 heteroatoms. The molecular weight excluding hydrogens is 489 g/mol. The topological polar surface area (TPSA) is 71.5 Å². The van der Waals surface area contributed by atoms with Crippen molar-refractivity contribution in [2.24, 2.45) is 5.92 Å². The number of alkyl halides is 3. The molecule has 2 atom stereocenters. The van der Waals surface area contributed by atoms with Crippen LogP contribution in [0.2, 0.25) is 0 Å². The van der Waals surface area contributed by atoms with Crippen molar-refractivity contribution in [3.05, 3.63) is 78.4 Å². The molecule has 0 aromatic heterocycles. The SMILES string of the molecule is COc1ccc(N2C(=O)N(c3ccc(OC)cc3)C(O)(c3cccc(OC(F)(F)F)c3)[C@H]2C(C)C)cc1. The van der Waals surface area contributed by atoms with Gasteiger partial charge in [-0.15, -0.1) is 13.2 Å². The molecule has 0 radical (unpaired) electrons. The van der Waals surface area contributed by atoms with E-state index in [1.54, 1.807) is 48.5 Å². The van der Waals surface area contributed by atoms with Crippen molar-refractivity contribution in [1.29, 1.82) is 0 Å². The molecule has 0 aliphatic carbocycles. The molecule has 1 fully saturated rings. The second-order valence-corrected chi connectivity index (χ2v) is 8.87. The van der Waals surface area contributed by atoms with E-state index in [2.05, 4.69) is 4.74 Å². The lowest BCUT2D eigenvalue weighted by Crippen LogP contribution is -2.51. The molecule has 4 rings (SSSR count). The quantitative estimate of drug-likeness (QED) is 0.422. The van der Waals surface area contributed by atoms with E-state index in [1.807, 2.05) is 13.8 Å². The molecule has 3 aromatic carbocycles. The number of anilines is 2. The van der Waals surface area contributed by atoms with E-state index in [1.165, 1.54) is 36.2 Å². The average molecular weight is 517 g/mol. The van der Waals surface area contributed by atoms with Gasteiger partial charge in [-0.2, -0.15) is 0 Å². The van der Waals surface area contributed by atoms with Gasteiger partial charge in [-0.25, -0.2) is 4.79 Å². The van der Waals surface area contributed by atoms with Crippen LogP contribution in [0.4, 0.5) is 29.3 Å². The molecule has 1 N–H and O–H groups in total. The molecular formula is C27H27F3N2O5. The molecule has 37 heavy (non-hydrogen) atoms. The number of carbonyl (C=O) groups excluding carboxylic acids is 1. The Morgan fingerprint density at radius 3 is 1.89 bits per heavy atom. The lowest BCUT2D eigenvalue weighted by Gasteiger charge is -2.39. The maximum atomic E-state index is 14.1. The zero-order valence-electron chi connectivity index (χ0n) is 20.7. The minimum atomic E-state index is -4.92. The largest absolute Gasteiger partial charge is 0.573 e. The Labute approximate surface area is 212 Å². The summed E-state index contributed by atoms with van der Waals surface area (Å²) in [6.07, 6.45) is -4.92. The normalized spacial score (nSPS) is 19.9. The van der Waals surface area contributed by atoms with Crippen molar-refractivity contribution in [2.45, 2.75) is 32.0 Å². The first kappa shape index (κ1) is 26.2. The van der Waals surface area contributed by atoms with Crippen LogP contribution in [0.5, 0.6) is 17.2 Å². The van der Waals surface area contributed by atoms with E-state index < -0.39 is 29.9 Å². The number of carbonyl (C=O) groups is 1. The first-order valence-electron chi connectivity index (χ1n) is 11.5. The summed E-state index contributed by atoms with van der Waals surface area (Å²) in [6.45, 7) is 3.65. The molecule has 7 nitrogen and oxygen atoms in total. The molecule has 0 spiro atoms. The van der Waals surface area contributed by atoms with E-state index in [0.29, 0.717) is 22.9 Å². The number of amides is 2. The predicted molar refractivity (Wildman–Crippen MR) is 132 cm³/mol. The molecule has 1 aliphatic rings. The highest BCUT2D eigenvalue weighted by Crippen LogP contribution is 2.48. The maximum absolute atomic E-state index is 14.1. The van der Waals surface area contributed by atoms with Crippen LogP contribution in [0.25, 0.3) is 0 Å². The van der Waals surface area contributed by atoms with Crippen molar-refractivity contribution < 1.29 is 37.3 Å². The Hall–Kier alpha value is -3.92. The number of nitrogens with zero attached hydrogens (tertiary/aromatic N) is 2. The molecule has 3 aromatic rings. The van der Waals surface area contributed by atoms with Crippen molar-refractivity contribution in [3.63, 3.8) is 0 Å². The van der Waals surface area contributed by atoms with Gasteiger partial charge in [0.2, 0.25) is 0 Å².